The molecule has 168 valence electrons. The summed E-state index contributed by atoms with van der Waals surface area (Å²) < 4.78 is 5.71. The lowest BCUT2D eigenvalue weighted by molar-refractivity contribution is -0.115. The number of amides is 1. The number of hydrogen-bond donors (Lipinski definition) is 1. The summed E-state index contributed by atoms with van der Waals surface area (Å²) in [4.78, 5) is 20.2. The van der Waals surface area contributed by atoms with Crippen LogP contribution >= 0.6 is 11.8 Å². The molecule has 1 N–H and O–H groups in total. The van der Waals surface area contributed by atoms with E-state index in [0.717, 1.165) is 23.4 Å². The molecule has 2 heterocycles. The van der Waals surface area contributed by atoms with Crippen molar-refractivity contribution in [2.24, 2.45) is 4.99 Å². The minimum absolute atomic E-state index is 0.0816. The first kappa shape index (κ1) is 22.5. The predicted octanol–water partition coefficient (Wildman–Crippen LogP) is 5.93. The summed E-state index contributed by atoms with van der Waals surface area (Å²) in [5, 5.41) is 3.48. The Morgan fingerprint density at radius 1 is 1.22 bits per heavy atom. The van der Waals surface area contributed by atoms with Crippen LogP contribution in [-0.4, -0.2) is 30.8 Å². The molecular formula is C26H31N3O2S. The van der Waals surface area contributed by atoms with E-state index in [2.05, 4.69) is 69.0 Å². The number of hydrogen-bond acceptors (Lipinski definition) is 5. The van der Waals surface area contributed by atoms with Crippen LogP contribution < -0.4 is 15.0 Å². The third-order valence-electron chi connectivity index (χ3n) is 6.64. The SMILES string of the molecule is COc1cc2c(cc1/C=C1/SC(=Nc3ccc(C)c(C)c3)NC1=O)C(C)CC(C)(C)N2C. The van der Waals surface area contributed by atoms with Crippen molar-refractivity contribution in [1.29, 1.82) is 0 Å². The second-order valence-corrected chi connectivity index (χ2v) is 10.4. The fraction of sp³-hybridized carbons (Fsp3) is 0.385. The maximum absolute atomic E-state index is 12.7. The highest BCUT2D eigenvalue weighted by Gasteiger charge is 2.35. The molecule has 5 nitrogen and oxygen atoms in total. The monoisotopic (exact) mass is 449 g/mol. The van der Waals surface area contributed by atoms with Gasteiger partial charge in [-0.1, -0.05) is 13.0 Å². The Hall–Kier alpha value is -2.73. The van der Waals surface area contributed by atoms with Gasteiger partial charge in [-0.05, 0) is 92.8 Å². The maximum atomic E-state index is 12.7. The van der Waals surface area contributed by atoms with Gasteiger partial charge in [0.1, 0.15) is 5.75 Å². The summed E-state index contributed by atoms with van der Waals surface area (Å²) in [6.45, 7) is 10.9. The first-order valence-corrected chi connectivity index (χ1v) is 11.7. The number of nitrogens with zero attached hydrogens (tertiary/aromatic N) is 2. The number of benzene rings is 2. The van der Waals surface area contributed by atoms with Gasteiger partial charge in [-0.3, -0.25) is 4.79 Å². The molecule has 1 saturated heterocycles. The van der Waals surface area contributed by atoms with E-state index in [-0.39, 0.29) is 11.4 Å². The normalized spacial score (nSPS) is 22.3. The van der Waals surface area contributed by atoms with Crippen molar-refractivity contribution < 1.29 is 9.53 Å². The molecule has 0 radical (unpaired) electrons. The number of nitrogens with one attached hydrogen (secondary N) is 1. The molecule has 4 rings (SSSR count). The highest BCUT2D eigenvalue weighted by molar-refractivity contribution is 8.18. The molecule has 2 aliphatic rings. The van der Waals surface area contributed by atoms with Crippen LogP contribution in [0.5, 0.6) is 5.75 Å². The lowest BCUT2D eigenvalue weighted by atomic mass is 9.80. The smallest absolute Gasteiger partial charge is 0.264 e. The molecule has 1 amide bonds. The fourth-order valence-electron chi connectivity index (χ4n) is 4.43. The zero-order valence-electron chi connectivity index (χ0n) is 19.9. The summed E-state index contributed by atoms with van der Waals surface area (Å²) in [6, 6.07) is 10.3. The Morgan fingerprint density at radius 2 is 1.97 bits per heavy atom. The highest BCUT2D eigenvalue weighted by Crippen LogP contribution is 2.45. The van der Waals surface area contributed by atoms with Gasteiger partial charge in [-0.2, -0.15) is 0 Å². The van der Waals surface area contributed by atoms with Gasteiger partial charge in [0.05, 0.1) is 17.7 Å². The summed E-state index contributed by atoms with van der Waals surface area (Å²) in [6.07, 6.45) is 2.98. The third kappa shape index (κ3) is 4.16. The Kier molecular flexibility index (Phi) is 5.84. The topological polar surface area (TPSA) is 53.9 Å². The minimum Gasteiger partial charge on any atom is -0.496 e. The summed E-state index contributed by atoms with van der Waals surface area (Å²) in [5.74, 6) is 1.05. The molecule has 32 heavy (non-hydrogen) atoms. The van der Waals surface area contributed by atoms with Gasteiger partial charge in [-0.25, -0.2) is 4.99 Å². The number of anilines is 1. The van der Waals surface area contributed by atoms with Gasteiger partial charge in [-0.15, -0.1) is 0 Å². The van der Waals surface area contributed by atoms with Crippen molar-refractivity contribution in [2.75, 3.05) is 19.1 Å². The van der Waals surface area contributed by atoms with Gasteiger partial charge < -0.3 is 15.0 Å². The van der Waals surface area contributed by atoms with E-state index >= 15 is 0 Å². The minimum atomic E-state index is -0.136. The van der Waals surface area contributed by atoms with Crippen molar-refractivity contribution in [3.05, 3.63) is 57.5 Å². The third-order valence-corrected chi connectivity index (χ3v) is 7.55. The zero-order valence-corrected chi connectivity index (χ0v) is 20.7. The van der Waals surface area contributed by atoms with Crippen molar-refractivity contribution in [3.63, 3.8) is 0 Å². The van der Waals surface area contributed by atoms with E-state index in [4.69, 9.17) is 4.74 Å². The molecule has 1 atom stereocenters. The number of rotatable bonds is 3. The van der Waals surface area contributed by atoms with Crippen LogP contribution in [0.3, 0.4) is 0 Å². The standard InChI is InChI=1S/C26H31N3O2S/c1-15-8-9-19(10-16(15)2)27-25-28-24(30)23(32-25)12-18-11-20-17(3)14-26(4,5)29(6)21(20)13-22(18)31-7/h8-13,17H,14H2,1-7H3,(H,27,28,30)/b23-12+. The Labute approximate surface area is 194 Å². The fourth-order valence-corrected chi connectivity index (χ4v) is 5.27. The van der Waals surface area contributed by atoms with Gasteiger partial charge in [0.25, 0.3) is 5.91 Å². The van der Waals surface area contributed by atoms with E-state index in [0.29, 0.717) is 16.0 Å². The molecule has 0 aromatic heterocycles. The Balaban J connectivity index is 1.68. The first-order chi connectivity index (χ1) is 15.1. The Bertz CT molecular complexity index is 1150. The maximum Gasteiger partial charge on any atom is 0.264 e. The quantitative estimate of drug-likeness (QED) is 0.591. The average molecular weight is 450 g/mol. The van der Waals surface area contributed by atoms with Crippen molar-refractivity contribution in [1.82, 2.24) is 5.32 Å². The summed E-state index contributed by atoms with van der Waals surface area (Å²) in [7, 11) is 3.81. The lowest BCUT2D eigenvalue weighted by Gasteiger charge is -2.45. The number of ether oxygens (including phenoxy) is 1. The number of aryl methyl sites for hydroxylation is 2. The molecule has 2 aromatic rings. The zero-order chi connectivity index (χ0) is 23.2. The van der Waals surface area contributed by atoms with Crippen LogP contribution in [0.25, 0.3) is 6.08 Å². The van der Waals surface area contributed by atoms with E-state index in [9.17, 15) is 4.79 Å². The van der Waals surface area contributed by atoms with E-state index in [1.165, 1.54) is 34.1 Å². The van der Waals surface area contributed by atoms with Gasteiger partial charge in [0.15, 0.2) is 5.17 Å². The molecule has 0 saturated carbocycles. The number of fused-ring (bicyclic) bond motifs is 1. The number of amidine groups is 1. The van der Waals surface area contributed by atoms with Crippen molar-refractivity contribution >= 4 is 40.3 Å². The average Bonchev–Trinajstić information content (AvgIpc) is 3.07. The highest BCUT2D eigenvalue weighted by atomic mass is 32.2. The van der Waals surface area contributed by atoms with Crippen LogP contribution in [-0.2, 0) is 4.79 Å². The second kappa shape index (κ2) is 8.32. The predicted molar refractivity (Wildman–Crippen MR) is 135 cm³/mol. The molecular weight excluding hydrogens is 418 g/mol. The van der Waals surface area contributed by atoms with Gasteiger partial charge >= 0.3 is 0 Å². The first-order valence-electron chi connectivity index (χ1n) is 10.9. The van der Waals surface area contributed by atoms with Crippen LogP contribution in [0.15, 0.2) is 40.2 Å². The van der Waals surface area contributed by atoms with Crippen LogP contribution in [0.2, 0.25) is 0 Å². The lowest BCUT2D eigenvalue weighted by Crippen LogP contribution is -2.45. The number of methoxy groups -OCH3 is 1. The summed E-state index contributed by atoms with van der Waals surface area (Å²) >= 11 is 1.36. The molecule has 1 unspecified atom stereocenters. The number of carbonyl (C=O) groups is 1. The van der Waals surface area contributed by atoms with Crippen LogP contribution in [0.4, 0.5) is 11.4 Å². The number of thioether (sulfide) groups is 1. The Morgan fingerprint density at radius 3 is 2.66 bits per heavy atom. The van der Waals surface area contributed by atoms with Gasteiger partial charge in [0, 0.05) is 29.9 Å². The number of aliphatic imine (C=N–C) groups is 1. The molecule has 2 aliphatic heterocycles. The molecule has 2 aromatic carbocycles. The molecule has 0 aliphatic carbocycles. The largest absolute Gasteiger partial charge is 0.496 e. The van der Waals surface area contributed by atoms with Crippen molar-refractivity contribution in [2.45, 2.75) is 52.5 Å². The molecule has 0 bridgehead atoms. The van der Waals surface area contributed by atoms with E-state index < -0.39 is 0 Å². The van der Waals surface area contributed by atoms with Gasteiger partial charge in [0.2, 0.25) is 0 Å². The summed E-state index contributed by atoms with van der Waals surface area (Å²) in [5.41, 5.74) is 6.70. The van der Waals surface area contributed by atoms with E-state index in [1.54, 1.807) is 7.11 Å². The molecule has 6 heteroatoms. The molecule has 1 fully saturated rings. The number of carbonyl (C=O) groups excluding carboxylic acids is 1. The van der Waals surface area contributed by atoms with Crippen molar-refractivity contribution in [3.8, 4) is 5.75 Å². The molecule has 0 spiro atoms. The van der Waals surface area contributed by atoms with Crippen LogP contribution in [0, 0.1) is 13.8 Å². The second-order valence-electron chi connectivity index (χ2n) is 9.38. The van der Waals surface area contributed by atoms with Crippen LogP contribution in [0.1, 0.15) is 55.4 Å². The van der Waals surface area contributed by atoms with E-state index in [1.807, 2.05) is 24.3 Å².